The van der Waals surface area contributed by atoms with E-state index in [9.17, 15) is 18.0 Å². The van der Waals surface area contributed by atoms with Gasteiger partial charge in [-0.3, -0.25) is 4.79 Å². The van der Waals surface area contributed by atoms with Gasteiger partial charge in [0, 0.05) is 31.0 Å². The van der Waals surface area contributed by atoms with Crippen LogP contribution in [-0.2, 0) is 19.4 Å². The van der Waals surface area contributed by atoms with Gasteiger partial charge in [-0.2, -0.15) is 0 Å². The fourth-order valence-corrected chi connectivity index (χ4v) is 5.24. The quantitative estimate of drug-likeness (QED) is 0.432. The van der Waals surface area contributed by atoms with Crippen LogP contribution >= 0.6 is 0 Å². The smallest absolute Gasteiger partial charge is 0.406 e. The van der Waals surface area contributed by atoms with Crippen LogP contribution in [0.15, 0.2) is 54.6 Å². The predicted octanol–water partition coefficient (Wildman–Crippen LogP) is 6.11. The third-order valence-corrected chi connectivity index (χ3v) is 7.19. The highest BCUT2D eigenvalue weighted by Crippen LogP contribution is 2.32. The molecule has 36 heavy (non-hydrogen) atoms. The molecule has 1 amide bonds. The molecule has 0 spiro atoms. The highest BCUT2D eigenvalue weighted by molar-refractivity contribution is 5.92. The van der Waals surface area contributed by atoms with Gasteiger partial charge in [-0.15, -0.1) is 13.2 Å². The first kappa shape index (κ1) is 24.3. The van der Waals surface area contributed by atoms with E-state index >= 15 is 0 Å². The summed E-state index contributed by atoms with van der Waals surface area (Å²) in [5.41, 5.74) is 6.33. The van der Waals surface area contributed by atoms with Crippen LogP contribution in [0.25, 0.3) is 0 Å². The van der Waals surface area contributed by atoms with Gasteiger partial charge >= 0.3 is 6.36 Å². The summed E-state index contributed by atoms with van der Waals surface area (Å²) >= 11 is 0. The van der Waals surface area contributed by atoms with Gasteiger partial charge in [-0.1, -0.05) is 24.3 Å². The van der Waals surface area contributed by atoms with Crippen molar-refractivity contribution in [2.24, 2.45) is 0 Å². The summed E-state index contributed by atoms with van der Waals surface area (Å²) in [6, 6.07) is 16.5. The van der Waals surface area contributed by atoms with Crippen molar-refractivity contribution in [3.05, 3.63) is 82.7 Å². The minimum atomic E-state index is -4.67. The zero-order chi connectivity index (χ0) is 25.1. The summed E-state index contributed by atoms with van der Waals surface area (Å²) in [5, 5.41) is 3.01. The number of benzene rings is 2. The molecule has 190 valence electrons. The molecule has 5 rings (SSSR count). The number of ether oxygens (including phenoxy) is 1. The first-order valence-electron chi connectivity index (χ1n) is 12.5. The SMILES string of the molecule is O=C(NCc1ccc(N2CCC(c3ccc(OC(F)(F)F)cc3)CC2)cc1)c1cc2c([nH]1)CCCC2. The number of piperidine rings is 1. The van der Waals surface area contributed by atoms with Crippen LogP contribution in [0.4, 0.5) is 18.9 Å². The van der Waals surface area contributed by atoms with Crippen molar-refractivity contribution in [2.45, 2.75) is 57.3 Å². The Kier molecular flexibility index (Phi) is 6.94. The molecule has 2 aromatic carbocycles. The van der Waals surface area contributed by atoms with Gasteiger partial charge in [0.1, 0.15) is 11.4 Å². The lowest BCUT2D eigenvalue weighted by atomic mass is 9.89. The number of aryl methyl sites for hydroxylation is 2. The van der Waals surface area contributed by atoms with Gasteiger partial charge in [0.25, 0.3) is 5.91 Å². The number of hydrogen-bond acceptors (Lipinski definition) is 3. The van der Waals surface area contributed by atoms with Crippen molar-refractivity contribution in [2.75, 3.05) is 18.0 Å². The van der Waals surface area contributed by atoms with Crippen molar-refractivity contribution in [3.8, 4) is 5.75 Å². The molecule has 2 aliphatic rings. The highest BCUT2D eigenvalue weighted by Gasteiger charge is 2.31. The molecule has 1 aliphatic heterocycles. The number of carbonyl (C=O) groups is 1. The zero-order valence-electron chi connectivity index (χ0n) is 20.0. The number of H-pyrrole nitrogens is 1. The molecule has 0 unspecified atom stereocenters. The predicted molar refractivity (Wildman–Crippen MR) is 132 cm³/mol. The van der Waals surface area contributed by atoms with Crippen LogP contribution in [0.5, 0.6) is 5.75 Å². The van der Waals surface area contributed by atoms with Gasteiger partial charge in [0.2, 0.25) is 0 Å². The van der Waals surface area contributed by atoms with Crippen molar-refractivity contribution >= 4 is 11.6 Å². The van der Waals surface area contributed by atoms with Gasteiger partial charge in [0.05, 0.1) is 0 Å². The standard InChI is InChI=1S/C28H30F3N3O2/c29-28(30,31)36-24-11-7-20(8-12-24)21-13-15-34(16-14-21)23-9-5-19(6-10-23)18-32-27(35)26-17-22-3-1-2-4-25(22)33-26/h5-12,17,21,33H,1-4,13-16,18H2,(H,32,35). The van der Waals surface area contributed by atoms with E-state index in [-0.39, 0.29) is 11.7 Å². The van der Waals surface area contributed by atoms with E-state index in [0.717, 1.165) is 55.6 Å². The maximum absolute atomic E-state index is 12.6. The van der Waals surface area contributed by atoms with Gasteiger partial charge in [-0.25, -0.2) is 0 Å². The number of fused-ring (bicyclic) bond motifs is 1. The van der Waals surface area contributed by atoms with Crippen LogP contribution in [0.2, 0.25) is 0 Å². The lowest BCUT2D eigenvalue weighted by Gasteiger charge is -2.34. The summed E-state index contributed by atoms with van der Waals surface area (Å²) in [5.74, 6) is 0.0508. The monoisotopic (exact) mass is 497 g/mol. The van der Waals surface area contributed by atoms with E-state index in [1.165, 1.54) is 36.2 Å². The molecule has 0 radical (unpaired) electrons. The number of aromatic nitrogens is 1. The number of halogens is 3. The van der Waals surface area contributed by atoms with E-state index in [1.54, 1.807) is 12.1 Å². The first-order valence-corrected chi connectivity index (χ1v) is 12.5. The molecule has 1 aliphatic carbocycles. The molecule has 0 saturated carbocycles. The summed E-state index contributed by atoms with van der Waals surface area (Å²) in [6.07, 6.45) is 1.60. The van der Waals surface area contributed by atoms with Crippen molar-refractivity contribution in [1.82, 2.24) is 10.3 Å². The molecule has 2 heterocycles. The second kappa shape index (κ2) is 10.3. The first-order chi connectivity index (χ1) is 17.3. The molecule has 0 atom stereocenters. The normalized spacial score (nSPS) is 16.5. The average molecular weight is 498 g/mol. The Hall–Kier alpha value is -3.42. The lowest BCUT2D eigenvalue weighted by Crippen LogP contribution is -2.32. The fourth-order valence-electron chi connectivity index (χ4n) is 5.24. The average Bonchev–Trinajstić information content (AvgIpc) is 3.32. The molecule has 5 nitrogen and oxygen atoms in total. The maximum Gasteiger partial charge on any atom is 0.573 e. The Bertz CT molecular complexity index is 1150. The molecule has 2 N–H and O–H groups in total. The third-order valence-electron chi connectivity index (χ3n) is 7.19. The fraction of sp³-hybridized carbons (Fsp3) is 0.393. The Morgan fingerprint density at radius 2 is 1.69 bits per heavy atom. The van der Waals surface area contributed by atoms with Crippen LogP contribution in [-0.4, -0.2) is 30.3 Å². The number of aromatic amines is 1. The summed E-state index contributed by atoms with van der Waals surface area (Å²) in [4.78, 5) is 18.2. The zero-order valence-corrected chi connectivity index (χ0v) is 20.0. The number of alkyl halides is 3. The molecule has 1 fully saturated rings. The van der Waals surface area contributed by atoms with Crippen molar-refractivity contribution < 1.29 is 22.7 Å². The molecule has 3 aromatic rings. The highest BCUT2D eigenvalue weighted by atomic mass is 19.4. The molecule has 8 heteroatoms. The lowest BCUT2D eigenvalue weighted by molar-refractivity contribution is -0.274. The Balaban J connectivity index is 1.10. The summed E-state index contributed by atoms with van der Waals surface area (Å²) < 4.78 is 41.1. The Morgan fingerprint density at radius 1 is 1.00 bits per heavy atom. The van der Waals surface area contributed by atoms with E-state index in [4.69, 9.17) is 0 Å². The van der Waals surface area contributed by atoms with E-state index in [1.807, 2.05) is 18.2 Å². The van der Waals surface area contributed by atoms with E-state index in [0.29, 0.717) is 18.2 Å². The van der Waals surface area contributed by atoms with Crippen LogP contribution < -0.4 is 15.0 Å². The van der Waals surface area contributed by atoms with E-state index < -0.39 is 6.36 Å². The van der Waals surface area contributed by atoms with Crippen LogP contribution in [0.1, 0.15) is 64.5 Å². The Labute approximate surface area is 208 Å². The molecule has 0 bridgehead atoms. The van der Waals surface area contributed by atoms with E-state index in [2.05, 4.69) is 32.1 Å². The number of anilines is 1. The minimum Gasteiger partial charge on any atom is -0.406 e. The van der Waals surface area contributed by atoms with Gasteiger partial charge in [0.15, 0.2) is 0 Å². The molecule has 1 aromatic heterocycles. The number of rotatable bonds is 6. The number of hydrogen-bond donors (Lipinski definition) is 2. The molecule has 1 saturated heterocycles. The third kappa shape index (κ3) is 5.86. The van der Waals surface area contributed by atoms with Crippen molar-refractivity contribution in [3.63, 3.8) is 0 Å². The topological polar surface area (TPSA) is 57.4 Å². The van der Waals surface area contributed by atoms with Crippen LogP contribution in [0.3, 0.4) is 0 Å². The van der Waals surface area contributed by atoms with Crippen LogP contribution in [0, 0.1) is 0 Å². The second-order valence-corrected chi connectivity index (χ2v) is 9.62. The van der Waals surface area contributed by atoms with Gasteiger partial charge in [-0.05, 0) is 91.5 Å². The molecular weight excluding hydrogens is 467 g/mol. The Morgan fingerprint density at radius 3 is 2.36 bits per heavy atom. The van der Waals surface area contributed by atoms with Crippen molar-refractivity contribution in [1.29, 1.82) is 0 Å². The second-order valence-electron chi connectivity index (χ2n) is 9.62. The largest absolute Gasteiger partial charge is 0.573 e. The minimum absolute atomic E-state index is 0.0754. The number of carbonyl (C=O) groups excluding carboxylic acids is 1. The number of amides is 1. The summed E-state index contributed by atoms with van der Waals surface area (Å²) in [7, 11) is 0. The summed E-state index contributed by atoms with van der Waals surface area (Å²) in [6.45, 7) is 2.22. The number of nitrogens with one attached hydrogen (secondary N) is 2. The molecular formula is C28H30F3N3O2. The van der Waals surface area contributed by atoms with Gasteiger partial charge < -0.3 is 19.9 Å². The number of nitrogens with zero attached hydrogens (tertiary/aromatic N) is 1. The maximum atomic E-state index is 12.6.